The minimum atomic E-state index is -5.49. The largest absolute Gasteiger partial charge is 0.744 e. The standard InChI is InChI=1S/C29H20ClN7O14S4/c30-27-35-28(33-13-6-8-18(52(40,41)42)20(10-13)54(46,47)48)37-29(36-27)34-16-7-5-12(9-19(16)53(43,44)45)32-17-11-21(55(49,50)51)24(31)23-22(17)25(38)14-3-1-2-4-15(14)26(23)39/h1-11,32H,31H2,(H,40,41,42)(H,43,44,45)(H,46,47,48)(H,49,50,51)(H2,33,34,35,36,37)/p-4. The fourth-order valence-electron chi connectivity index (χ4n) is 5.36. The summed E-state index contributed by atoms with van der Waals surface area (Å²) in [4.78, 5) is 33.6. The molecular formula is C29H16ClN7O14S4-4. The Labute approximate surface area is 314 Å². The number of benzene rings is 4. The molecule has 5 aromatic rings. The molecule has 0 unspecified atom stereocenters. The number of nitrogen functional groups attached to an aromatic ring is 1. The lowest BCUT2D eigenvalue weighted by molar-refractivity contribution is 0.0980. The molecule has 1 aliphatic carbocycles. The Morgan fingerprint density at radius 3 is 1.58 bits per heavy atom. The van der Waals surface area contributed by atoms with E-state index in [0.717, 1.165) is 24.3 Å². The number of carbonyl (C=O) groups excluding carboxylic acids is 2. The number of aromatic nitrogens is 3. The normalized spacial score (nSPS) is 13.2. The topological polar surface area (TPSA) is 364 Å². The van der Waals surface area contributed by atoms with Crippen molar-refractivity contribution in [3.63, 3.8) is 0 Å². The third-order valence-corrected chi connectivity index (χ3v) is 11.4. The Kier molecular flexibility index (Phi) is 9.65. The third kappa shape index (κ3) is 7.81. The second kappa shape index (κ2) is 13.6. The van der Waals surface area contributed by atoms with E-state index in [1.165, 1.54) is 24.3 Å². The van der Waals surface area contributed by atoms with E-state index in [1.807, 2.05) is 0 Å². The lowest BCUT2D eigenvalue weighted by Gasteiger charge is -2.25. The molecule has 286 valence electrons. The monoisotopic (exact) mass is 849 g/mol. The van der Waals surface area contributed by atoms with E-state index in [9.17, 15) is 61.5 Å². The number of anilines is 7. The van der Waals surface area contributed by atoms with Gasteiger partial charge in [-0.05, 0) is 54.1 Å². The molecule has 0 saturated carbocycles. The maximum Gasteiger partial charge on any atom is 0.233 e. The van der Waals surface area contributed by atoms with Gasteiger partial charge in [-0.15, -0.1) is 0 Å². The number of nitrogens with zero attached hydrogens (tertiary/aromatic N) is 3. The van der Waals surface area contributed by atoms with Gasteiger partial charge in [0.1, 0.15) is 40.5 Å². The average molecular weight is 850 g/mol. The minimum Gasteiger partial charge on any atom is -0.744 e. The number of halogens is 1. The summed E-state index contributed by atoms with van der Waals surface area (Å²) in [5.74, 6) is -2.76. The first kappa shape index (κ1) is 39.1. The zero-order valence-electron chi connectivity index (χ0n) is 26.5. The Morgan fingerprint density at radius 1 is 0.527 bits per heavy atom. The van der Waals surface area contributed by atoms with E-state index in [0.29, 0.717) is 18.2 Å². The summed E-state index contributed by atoms with van der Waals surface area (Å²) in [6, 6.07) is 10.9. The summed E-state index contributed by atoms with van der Waals surface area (Å²) in [6.45, 7) is 0. The van der Waals surface area contributed by atoms with Gasteiger partial charge in [0.05, 0.1) is 47.8 Å². The summed E-state index contributed by atoms with van der Waals surface area (Å²) in [6.07, 6.45) is 0. The van der Waals surface area contributed by atoms with Gasteiger partial charge in [-0.1, -0.05) is 24.3 Å². The number of hydrogen-bond acceptors (Lipinski definition) is 21. The molecule has 1 aromatic heterocycles. The van der Waals surface area contributed by atoms with Crippen molar-refractivity contribution in [3.8, 4) is 0 Å². The number of ketones is 2. The molecule has 4 aromatic carbocycles. The average Bonchev–Trinajstić information content (AvgIpc) is 3.06. The van der Waals surface area contributed by atoms with Gasteiger partial charge in [-0.2, -0.15) is 15.0 Å². The van der Waals surface area contributed by atoms with Gasteiger partial charge >= 0.3 is 0 Å². The summed E-state index contributed by atoms with van der Waals surface area (Å²) in [5.41, 5.74) is 2.28. The van der Waals surface area contributed by atoms with Crippen molar-refractivity contribution in [2.24, 2.45) is 0 Å². The maximum absolute atomic E-state index is 13.6. The molecule has 0 fully saturated rings. The second-order valence-corrected chi connectivity index (χ2v) is 16.8. The van der Waals surface area contributed by atoms with Crippen LogP contribution in [0.1, 0.15) is 31.8 Å². The number of nitrogens with two attached hydrogens (primary N) is 1. The van der Waals surface area contributed by atoms with Gasteiger partial charge < -0.3 is 39.9 Å². The Balaban J connectivity index is 1.38. The molecule has 0 aliphatic heterocycles. The minimum absolute atomic E-state index is 0.0873. The van der Waals surface area contributed by atoms with Gasteiger partial charge in [0.2, 0.25) is 17.2 Å². The smallest absolute Gasteiger partial charge is 0.233 e. The zero-order chi connectivity index (χ0) is 40.4. The third-order valence-electron chi connectivity index (χ3n) is 7.59. The highest BCUT2D eigenvalue weighted by Gasteiger charge is 2.35. The van der Waals surface area contributed by atoms with Crippen LogP contribution in [0.25, 0.3) is 0 Å². The molecule has 0 atom stereocenters. The van der Waals surface area contributed by atoms with Crippen molar-refractivity contribution in [2.45, 2.75) is 19.6 Å². The maximum atomic E-state index is 13.6. The molecule has 6 rings (SSSR count). The summed E-state index contributed by atoms with van der Waals surface area (Å²) >= 11 is 5.96. The van der Waals surface area contributed by atoms with Gasteiger partial charge in [0.25, 0.3) is 0 Å². The zero-order valence-corrected chi connectivity index (χ0v) is 30.5. The fourth-order valence-corrected chi connectivity index (χ4v) is 8.56. The summed E-state index contributed by atoms with van der Waals surface area (Å²) in [5, 5.41) is 6.80. The lowest BCUT2D eigenvalue weighted by atomic mass is 9.82. The van der Waals surface area contributed by atoms with Crippen LogP contribution >= 0.6 is 11.6 Å². The molecule has 21 nitrogen and oxygen atoms in total. The molecule has 0 bridgehead atoms. The van der Waals surface area contributed by atoms with E-state index < -0.39 is 117 Å². The van der Waals surface area contributed by atoms with Crippen molar-refractivity contribution in [1.29, 1.82) is 0 Å². The van der Waals surface area contributed by atoms with Crippen LogP contribution < -0.4 is 21.7 Å². The van der Waals surface area contributed by atoms with E-state index in [2.05, 4.69) is 30.9 Å². The first-order valence-corrected chi connectivity index (χ1v) is 20.4. The van der Waals surface area contributed by atoms with Crippen LogP contribution in [0.15, 0.2) is 86.3 Å². The first-order chi connectivity index (χ1) is 25.4. The van der Waals surface area contributed by atoms with Gasteiger partial charge in [0.15, 0.2) is 11.6 Å². The van der Waals surface area contributed by atoms with Crippen molar-refractivity contribution in [1.82, 2.24) is 15.0 Å². The molecule has 26 heteroatoms. The molecule has 5 N–H and O–H groups in total. The number of rotatable bonds is 10. The van der Waals surface area contributed by atoms with E-state index >= 15 is 0 Å². The first-order valence-electron chi connectivity index (χ1n) is 14.4. The predicted octanol–water partition coefficient (Wildman–Crippen LogP) is 1.73. The molecule has 0 saturated heterocycles. The van der Waals surface area contributed by atoms with Crippen molar-refractivity contribution >= 4 is 104 Å². The molecule has 0 spiro atoms. The van der Waals surface area contributed by atoms with E-state index in [1.54, 1.807) is 0 Å². The van der Waals surface area contributed by atoms with Crippen molar-refractivity contribution in [2.75, 3.05) is 21.7 Å². The Hall–Kier alpha value is -5.64. The fraction of sp³-hybridized carbons (Fsp3) is 0. The summed E-state index contributed by atoms with van der Waals surface area (Å²) in [7, 11) is -21.7. The lowest BCUT2D eigenvalue weighted by Crippen LogP contribution is -2.25. The van der Waals surface area contributed by atoms with Crippen LogP contribution in [0.3, 0.4) is 0 Å². The number of carbonyl (C=O) groups is 2. The predicted molar refractivity (Wildman–Crippen MR) is 184 cm³/mol. The van der Waals surface area contributed by atoms with Crippen LogP contribution in [-0.2, 0) is 40.5 Å². The number of hydrogen-bond donors (Lipinski definition) is 4. The quantitative estimate of drug-likeness (QED) is 0.113. The van der Waals surface area contributed by atoms with Gasteiger partial charge in [-0.3, -0.25) is 9.59 Å². The van der Waals surface area contributed by atoms with E-state index in [4.69, 9.17) is 17.3 Å². The van der Waals surface area contributed by atoms with Crippen LogP contribution in [0, 0.1) is 0 Å². The Bertz CT molecular complexity index is 2980. The highest BCUT2D eigenvalue weighted by atomic mass is 35.5. The summed E-state index contributed by atoms with van der Waals surface area (Å²) < 4.78 is 143. The molecular weight excluding hydrogens is 834 g/mol. The highest BCUT2D eigenvalue weighted by molar-refractivity contribution is 7.89. The van der Waals surface area contributed by atoms with Crippen LogP contribution in [0.2, 0.25) is 5.28 Å². The van der Waals surface area contributed by atoms with E-state index in [-0.39, 0.29) is 22.5 Å². The van der Waals surface area contributed by atoms with Crippen LogP contribution in [0.4, 0.5) is 40.3 Å². The second-order valence-electron chi connectivity index (χ2n) is 11.1. The number of nitrogens with one attached hydrogen (secondary N) is 3. The Morgan fingerprint density at radius 2 is 1.02 bits per heavy atom. The molecule has 1 heterocycles. The van der Waals surface area contributed by atoms with Crippen LogP contribution in [-0.4, -0.2) is 78.4 Å². The number of fused-ring (bicyclic) bond motifs is 2. The van der Waals surface area contributed by atoms with Gasteiger partial charge in [-0.25, -0.2) is 33.7 Å². The molecule has 0 radical (unpaired) electrons. The van der Waals surface area contributed by atoms with Crippen LogP contribution in [0.5, 0.6) is 0 Å². The van der Waals surface area contributed by atoms with Crippen molar-refractivity contribution in [3.05, 3.63) is 94.3 Å². The molecule has 0 amide bonds. The highest BCUT2D eigenvalue weighted by Crippen LogP contribution is 2.41. The molecule has 55 heavy (non-hydrogen) atoms. The van der Waals surface area contributed by atoms with Crippen molar-refractivity contribution < 1.29 is 61.5 Å². The van der Waals surface area contributed by atoms with Gasteiger partial charge in [0, 0.05) is 22.5 Å². The SMILES string of the molecule is Nc1c(S(=O)(=O)[O-])cc(Nc2ccc(Nc3nc(Cl)nc(Nc4ccc(S(=O)(=O)[O-])c(S(=O)(=O)[O-])c4)n3)c(S(=O)(=O)[O-])c2)c2c1C(=O)c1ccccc1C2=O. The molecule has 1 aliphatic rings.